The molecule has 1 amide bonds. The summed E-state index contributed by atoms with van der Waals surface area (Å²) in [4.78, 5) is 12.3. The van der Waals surface area contributed by atoms with Crippen molar-refractivity contribution in [1.29, 1.82) is 0 Å². The number of anilines is 1. The Labute approximate surface area is 181 Å². The summed E-state index contributed by atoms with van der Waals surface area (Å²) in [7, 11) is 0. The van der Waals surface area contributed by atoms with Gasteiger partial charge in [0.25, 0.3) is 0 Å². The van der Waals surface area contributed by atoms with Crippen LogP contribution in [0, 0.1) is 6.92 Å². The van der Waals surface area contributed by atoms with Gasteiger partial charge in [-0.25, -0.2) is 4.79 Å². The van der Waals surface area contributed by atoms with E-state index in [0.29, 0.717) is 16.8 Å². The summed E-state index contributed by atoms with van der Waals surface area (Å²) in [5, 5.41) is 23.3. The maximum atomic E-state index is 12.3. The highest BCUT2D eigenvalue weighted by Gasteiger charge is 2.29. The summed E-state index contributed by atoms with van der Waals surface area (Å²) >= 11 is 0. The molecule has 0 radical (unpaired) electrons. The van der Waals surface area contributed by atoms with Crippen molar-refractivity contribution in [3.8, 4) is 11.1 Å². The van der Waals surface area contributed by atoms with E-state index in [1.54, 1.807) is 25.1 Å². The highest BCUT2D eigenvalue weighted by molar-refractivity contribution is 5.79. The number of nitrogen functional groups attached to an aromatic ring is 1. The number of aliphatic hydroxyl groups is 2. The van der Waals surface area contributed by atoms with Crippen LogP contribution >= 0.6 is 0 Å². The number of carbonyl (C=O) groups excluding carboxylic acids is 1. The quantitative estimate of drug-likeness (QED) is 0.459. The van der Waals surface area contributed by atoms with Crippen LogP contribution in [-0.2, 0) is 4.74 Å². The third kappa shape index (κ3) is 4.13. The Morgan fingerprint density at radius 1 is 1.00 bits per heavy atom. The molecule has 2 unspecified atom stereocenters. The Hall–Kier alpha value is -3.35. The van der Waals surface area contributed by atoms with Gasteiger partial charge in [0, 0.05) is 18.2 Å². The van der Waals surface area contributed by atoms with Crippen LogP contribution in [0.2, 0.25) is 0 Å². The Morgan fingerprint density at radius 2 is 1.61 bits per heavy atom. The van der Waals surface area contributed by atoms with Gasteiger partial charge in [-0.05, 0) is 46.4 Å². The SMILES string of the molecule is Cc1c(N)cccc1C(O)C(O)CNC(=O)OCC1c2ccccc2-c2ccccc21. The van der Waals surface area contributed by atoms with Crippen molar-refractivity contribution in [3.63, 3.8) is 0 Å². The molecule has 3 aromatic carbocycles. The van der Waals surface area contributed by atoms with Crippen molar-refractivity contribution in [3.05, 3.63) is 89.0 Å². The lowest BCUT2D eigenvalue weighted by Gasteiger charge is -2.21. The van der Waals surface area contributed by atoms with Gasteiger partial charge in [0.2, 0.25) is 0 Å². The Bertz CT molecular complexity index is 1050. The number of rotatable bonds is 6. The zero-order chi connectivity index (χ0) is 22.0. The molecule has 4 rings (SSSR count). The van der Waals surface area contributed by atoms with Gasteiger partial charge < -0.3 is 26.0 Å². The molecule has 0 aliphatic heterocycles. The van der Waals surface area contributed by atoms with Crippen LogP contribution in [0.4, 0.5) is 10.5 Å². The number of carbonyl (C=O) groups is 1. The molecular weight excluding hydrogens is 392 g/mol. The smallest absolute Gasteiger partial charge is 0.407 e. The molecule has 31 heavy (non-hydrogen) atoms. The minimum atomic E-state index is -1.19. The minimum absolute atomic E-state index is 0.0383. The van der Waals surface area contributed by atoms with Crippen molar-refractivity contribution in [2.45, 2.75) is 25.0 Å². The highest BCUT2D eigenvalue weighted by atomic mass is 16.5. The molecule has 1 aliphatic carbocycles. The normalized spacial score (nSPS) is 14.4. The van der Waals surface area contributed by atoms with Gasteiger partial charge in [0.05, 0.1) is 0 Å². The average Bonchev–Trinajstić information content (AvgIpc) is 3.11. The first-order valence-electron chi connectivity index (χ1n) is 10.3. The number of aliphatic hydroxyl groups excluding tert-OH is 2. The van der Waals surface area contributed by atoms with Gasteiger partial charge in [0.1, 0.15) is 18.8 Å². The standard InChI is InChI=1S/C25H26N2O4/c1-15-16(11-6-12-22(15)26)24(29)23(28)13-27-25(30)31-14-21-19-9-4-2-7-17(19)18-8-3-5-10-20(18)21/h2-12,21,23-24,28-29H,13-14,26H2,1H3,(H,27,30). The lowest BCUT2D eigenvalue weighted by Crippen LogP contribution is -2.36. The van der Waals surface area contributed by atoms with Gasteiger partial charge in [-0.3, -0.25) is 0 Å². The molecule has 0 heterocycles. The van der Waals surface area contributed by atoms with Gasteiger partial charge in [-0.1, -0.05) is 60.7 Å². The number of amides is 1. The fourth-order valence-electron chi connectivity index (χ4n) is 4.15. The largest absolute Gasteiger partial charge is 0.449 e. The van der Waals surface area contributed by atoms with E-state index in [0.717, 1.165) is 22.3 Å². The lowest BCUT2D eigenvalue weighted by atomic mass is 9.98. The van der Waals surface area contributed by atoms with Gasteiger partial charge in [-0.2, -0.15) is 0 Å². The van der Waals surface area contributed by atoms with E-state index < -0.39 is 18.3 Å². The third-order valence-electron chi connectivity index (χ3n) is 5.90. The van der Waals surface area contributed by atoms with Crippen LogP contribution in [0.15, 0.2) is 66.7 Å². The number of hydrogen-bond acceptors (Lipinski definition) is 5. The predicted molar refractivity (Wildman–Crippen MR) is 120 cm³/mol. The minimum Gasteiger partial charge on any atom is -0.449 e. The second-order valence-corrected chi connectivity index (χ2v) is 7.78. The van der Waals surface area contributed by atoms with Crippen LogP contribution in [0.3, 0.4) is 0 Å². The van der Waals surface area contributed by atoms with Gasteiger partial charge in [0.15, 0.2) is 0 Å². The molecule has 160 valence electrons. The maximum Gasteiger partial charge on any atom is 0.407 e. The Morgan fingerprint density at radius 3 is 2.26 bits per heavy atom. The topological polar surface area (TPSA) is 105 Å². The summed E-state index contributed by atoms with van der Waals surface area (Å²) in [5.74, 6) is -0.0383. The van der Waals surface area contributed by atoms with E-state index in [4.69, 9.17) is 10.5 Å². The molecule has 0 fully saturated rings. The number of nitrogens with one attached hydrogen (secondary N) is 1. The van der Waals surface area contributed by atoms with Crippen LogP contribution in [0.1, 0.15) is 34.3 Å². The maximum absolute atomic E-state index is 12.3. The van der Waals surface area contributed by atoms with Crippen LogP contribution in [0.5, 0.6) is 0 Å². The third-order valence-corrected chi connectivity index (χ3v) is 5.90. The lowest BCUT2D eigenvalue weighted by molar-refractivity contribution is 0.0182. The predicted octanol–water partition coefficient (Wildman–Crippen LogP) is 3.51. The van der Waals surface area contributed by atoms with Crippen LogP contribution in [-0.4, -0.2) is 35.6 Å². The first kappa shape index (κ1) is 20.9. The number of benzene rings is 3. The molecule has 1 aliphatic rings. The first-order chi connectivity index (χ1) is 15.0. The van der Waals surface area contributed by atoms with Crippen molar-refractivity contribution < 1.29 is 19.7 Å². The van der Waals surface area contributed by atoms with E-state index in [2.05, 4.69) is 29.6 Å². The molecular formula is C25H26N2O4. The van der Waals surface area contributed by atoms with Crippen molar-refractivity contribution in [1.82, 2.24) is 5.32 Å². The van der Waals surface area contributed by atoms with Gasteiger partial charge in [-0.15, -0.1) is 0 Å². The van der Waals surface area contributed by atoms with Gasteiger partial charge >= 0.3 is 6.09 Å². The molecule has 6 heteroatoms. The van der Waals surface area contributed by atoms with E-state index >= 15 is 0 Å². The van der Waals surface area contributed by atoms with Crippen LogP contribution < -0.4 is 11.1 Å². The van der Waals surface area contributed by atoms with Crippen molar-refractivity contribution in [2.24, 2.45) is 0 Å². The molecule has 2 atom stereocenters. The molecule has 0 bridgehead atoms. The molecule has 0 saturated carbocycles. The van der Waals surface area contributed by atoms with Crippen LogP contribution in [0.25, 0.3) is 11.1 Å². The van der Waals surface area contributed by atoms with E-state index in [1.807, 2.05) is 24.3 Å². The molecule has 0 aromatic heterocycles. The second-order valence-electron chi connectivity index (χ2n) is 7.78. The van der Waals surface area contributed by atoms with E-state index in [-0.39, 0.29) is 19.1 Å². The molecule has 0 saturated heterocycles. The molecule has 0 spiro atoms. The van der Waals surface area contributed by atoms with E-state index in [9.17, 15) is 15.0 Å². The monoisotopic (exact) mass is 418 g/mol. The second kappa shape index (κ2) is 8.79. The van der Waals surface area contributed by atoms with E-state index in [1.165, 1.54) is 0 Å². The summed E-state index contributed by atoms with van der Waals surface area (Å²) in [5.41, 5.74) is 12.2. The number of fused-ring (bicyclic) bond motifs is 3. The summed E-state index contributed by atoms with van der Waals surface area (Å²) in [6.07, 6.45) is -3.00. The number of alkyl carbamates (subject to hydrolysis) is 1. The van der Waals surface area contributed by atoms with Crippen molar-refractivity contribution >= 4 is 11.8 Å². The Kier molecular flexibility index (Phi) is 5.93. The fraction of sp³-hybridized carbons (Fsp3) is 0.240. The Balaban J connectivity index is 1.35. The number of nitrogens with two attached hydrogens (primary N) is 1. The zero-order valence-corrected chi connectivity index (χ0v) is 17.3. The molecule has 3 aromatic rings. The summed E-state index contributed by atoms with van der Waals surface area (Å²) < 4.78 is 5.46. The molecule has 6 nitrogen and oxygen atoms in total. The first-order valence-corrected chi connectivity index (χ1v) is 10.3. The zero-order valence-electron chi connectivity index (χ0n) is 17.3. The average molecular weight is 418 g/mol. The molecule has 5 N–H and O–H groups in total. The summed E-state index contributed by atoms with van der Waals surface area (Å²) in [6, 6.07) is 21.4. The number of hydrogen-bond donors (Lipinski definition) is 4. The summed E-state index contributed by atoms with van der Waals surface area (Å²) in [6.45, 7) is 1.82. The van der Waals surface area contributed by atoms with Crippen molar-refractivity contribution in [2.75, 3.05) is 18.9 Å². The highest BCUT2D eigenvalue weighted by Crippen LogP contribution is 2.44. The fourth-order valence-corrected chi connectivity index (χ4v) is 4.15. The number of ether oxygens (including phenoxy) is 1.